The summed E-state index contributed by atoms with van der Waals surface area (Å²) in [6, 6.07) is 0. The Morgan fingerprint density at radius 2 is 2.29 bits per heavy atom. The number of aromatic nitrogens is 4. The van der Waals surface area contributed by atoms with E-state index in [0.29, 0.717) is 13.0 Å². The Morgan fingerprint density at radius 3 is 2.71 bits per heavy atom. The number of hydrogen-bond donors (Lipinski definition) is 1. The quantitative estimate of drug-likeness (QED) is 0.741. The molecule has 78 valence electrons. The zero-order valence-electron chi connectivity index (χ0n) is 8.29. The normalized spacial score (nSPS) is 13.1. The van der Waals surface area contributed by atoms with Crippen molar-refractivity contribution < 1.29 is 9.90 Å². The first kappa shape index (κ1) is 10.6. The van der Waals surface area contributed by atoms with Gasteiger partial charge in [0.05, 0.1) is 5.92 Å². The minimum Gasteiger partial charge on any atom is -0.481 e. The summed E-state index contributed by atoms with van der Waals surface area (Å²) in [6.07, 6.45) is 2.04. The summed E-state index contributed by atoms with van der Waals surface area (Å²) in [7, 11) is 0. The number of aryl methyl sites for hydroxylation is 1. The van der Waals surface area contributed by atoms with E-state index in [1.807, 2.05) is 13.8 Å². The molecular formula is C8H14N4O2. The third kappa shape index (κ3) is 2.79. The minimum absolute atomic E-state index is 0.129. The van der Waals surface area contributed by atoms with E-state index in [-0.39, 0.29) is 11.8 Å². The second kappa shape index (κ2) is 4.69. The van der Waals surface area contributed by atoms with Crippen molar-refractivity contribution in [2.75, 3.05) is 0 Å². The van der Waals surface area contributed by atoms with Gasteiger partial charge < -0.3 is 5.11 Å². The van der Waals surface area contributed by atoms with Crippen LogP contribution >= 0.6 is 0 Å². The van der Waals surface area contributed by atoms with Crippen molar-refractivity contribution >= 4 is 5.97 Å². The molecule has 0 radical (unpaired) electrons. The number of tetrazole rings is 1. The van der Waals surface area contributed by atoms with Gasteiger partial charge in [0.1, 0.15) is 6.33 Å². The maximum atomic E-state index is 10.8. The van der Waals surface area contributed by atoms with E-state index in [4.69, 9.17) is 5.11 Å². The molecule has 1 aromatic rings. The lowest BCUT2D eigenvalue weighted by Gasteiger charge is -2.15. The lowest BCUT2D eigenvalue weighted by atomic mass is 9.93. The fourth-order valence-corrected chi connectivity index (χ4v) is 1.30. The van der Waals surface area contributed by atoms with Crippen LogP contribution in [0.25, 0.3) is 0 Å². The summed E-state index contributed by atoms with van der Waals surface area (Å²) in [4.78, 5) is 10.8. The van der Waals surface area contributed by atoms with Crippen LogP contribution < -0.4 is 0 Å². The fourth-order valence-electron chi connectivity index (χ4n) is 1.30. The van der Waals surface area contributed by atoms with E-state index >= 15 is 0 Å². The summed E-state index contributed by atoms with van der Waals surface area (Å²) in [6.45, 7) is 4.35. The van der Waals surface area contributed by atoms with Crippen LogP contribution in [0.1, 0.15) is 20.3 Å². The summed E-state index contributed by atoms with van der Waals surface area (Å²) < 4.78 is 1.54. The van der Waals surface area contributed by atoms with Gasteiger partial charge in [-0.2, -0.15) is 0 Å². The zero-order chi connectivity index (χ0) is 10.6. The number of carboxylic acids is 1. The number of rotatable bonds is 5. The van der Waals surface area contributed by atoms with E-state index in [1.54, 1.807) is 4.68 Å². The molecule has 0 saturated heterocycles. The van der Waals surface area contributed by atoms with Crippen molar-refractivity contribution in [1.82, 2.24) is 20.2 Å². The predicted octanol–water partition coefficient (Wildman–Crippen LogP) is 0.420. The molecule has 1 rings (SSSR count). The van der Waals surface area contributed by atoms with Gasteiger partial charge >= 0.3 is 5.97 Å². The summed E-state index contributed by atoms with van der Waals surface area (Å²) in [5.74, 6) is -0.962. The van der Waals surface area contributed by atoms with Crippen molar-refractivity contribution in [2.24, 2.45) is 11.8 Å². The molecular weight excluding hydrogens is 184 g/mol. The largest absolute Gasteiger partial charge is 0.481 e. The topological polar surface area (TPSA) is 80.9 Å². The Bertz CT molecular complexity index is 284. The Balaban J connectivity index is 2.45. The van der Waals surface area contributed by atoms with Crippen LogP contribution in [0.15, 0.2) is 6.33 Å². The number of nitrogens with zero attached hydrogens (tertiary/aromatic N) is 4. The van der Waals surface area contributed by atoms with Gasteiger partial charge in [-0.15, -0.1) is 5.10 Å². The molecule has 6 heteroatoms. The van der Waals surface area contributed by atoms with Crippen LogP contribution in [0, 0.1) is 11.8 Å². The molecule has 0 fully saturated rings. The van der Waals surface area contributed by atoms with Crippen LogP contribution in [-0.2, 0) is 11.3 Å². The maximum Gasteiger partial charge on any atom is 0.306 e. The van der Waals surface area contributed by atoms with Gasteiger partial charge in [0.15, 0.2) is 0 Å². The molecule has 1 atom stereocenters. The molecule has 1 aromatic heterocycles. The third-order valence-corrected chi connectivity index (χ3v) is 2.18. The average Bonchev–Trinajstić information content (AvgIpc) is 2.55. The Kier molecular flexibility index (Phi) is 3.55. The number of aliphatic carboxylic acids is 1. The van der Waals surface area contributed by atoms with E-state index < -0.39 is 5.97 Å². The average molecular weight is 198 g/mol. The SMILES string of the molecule is CC(C)C(CCn1cnnn1)C(=O)O. The molecule has 1 N–H and O–H groups in total. The molecule has 0 aliphatic rings. The Hall–Kier alpha value is -1.46. The molecule has 6 nitrogen and oxygen atoms in total. The standard InChI is InChI=1S/C8H14N4O2/c1-6(2)7(8(13)14)3-4-12-5-9-10-11-12/h5-7H,3-4H2,1-2H3,(H,13,14). The molecule has 0 bridgehead atoms. The van der Waals surface area contributed by atoms with E-state index in [1.165, 1.54) is 6.33 Å². The van der Waals surface area contributed by atoms with E-state index in [2.05, 4.69) is 15.5 Å². The van der Waals surface area contributed by atoms with Crippen molar-refractivity contribution in [2.45, 2.75) is 26.8 Å². The van der Waals surface area contributed by atoms with Gasteiger partial charge in [-0.1, -0.05) is 13.8 Å². The van der Waals surface area contributed by atoms with Crippen LogP contribution in [0.2, 0.25) is 0 Å². The molecule has 0 amide bonds. The van der Waals surface area contributed by atoms with Gasteiger partial charge in [0.25, 0.3) is 0 Å². The molecule has 0 aromatic carbocycles. The highest BCUT2D eigenvalue weighted by Gasteiger charge is 2.20. The minimum atomic E-state index is -0.756. The molecule has 0 aliphatic heterocycles. The van der Waals surface area contributed by atoms with Gasteiger partial charge in [-0.25, -0.2) is 4.68 Å². The number of carbonyl (C=O) groups is 1. The zero-order valence-corrected chi connectivity index (χ0v) is 8.29. The van der Waals surface area contributed by atoms with E-state index in [9.17, 15) is 4.79 Å². The van der Waals surface area contributed by atoms with Gasteiger partial charge in [0.2, 0.25) is 0 Å². The fraction of sp³-hybridized carbons (Fsp3) is 0.750. The highest BCUT2D eigenvalue weighted by molar-refractivity contribution is 5.70. The molecule has 0 spiro atoms. The second-order valence-corrected chi connectivity index (χ2v) is 3.55. The summed E-state index contributed by atoms with van der Waals surface area (Å²) in [5.41, 5.74) is 0. The highest BCUT2D eigenvalue weighted by Crippen LogP contribution is 2.15. The second-order valence-electron chi connectivity index (χ2n) is 3.55. The van der Waals surface area contributed by atoms with Crippen molar-refractivity contribution in [3.05, 3.63) is 6.33 Å². The van der Waals surface area contributed by atoms with Crippen LogP contribution in [0.5, 0.6) is 0 Å². The highest BCUT2D eigenvalue weighted by atomic mass is 16.4. The Morgan fingerprint density at radius 1 is 1.57 bits per heavy atom. The number of carboxylic acid groups (broad SMARTS) is 1. The lowest BCUT2D eigenvalue weighted by molar-refractivity contribution is -0.143. The first-order chi connectivity index (χ1) is 6.61. The monoisotopic (exact) mass is 198 g/mol. The predicted molar refractivity (Wildman–Crippen MR) is 48.4 cm³/mol. The lowest BCUT2D eigenvalue weighted by Crippen LogP contribution is -2.21. The molecule has 14 heavy (non-hydrogen) atoms. The van der Waals surface area contributed by atoms with Crippen molar-refractivity contribution in [3.63, 3.8) is 0 Å². The third-order valence-electron chi connectivity index (χ3n) is 2.18. The van der Waals surface area contributed by atoms with Gasteiger partial charge in [-0.3, -0.25) is 4.79 Å². The van der Waals surface area contributed by atoms with Crippen LogP contribution in [-0.4, -0.2) is 31.3 Å². The Labute approximate surface area is 81.9 Å². The molecule has 0 saturated carbocycles. The molecule has 1 unspecified atom stereocenters. The number of hydrogen-bond acceptors (Lipinski definition) is 4. The molecule has 1 heterocycles. The summed E-state index contributed by atoms with van der Waals surface area (Å²) >= 11 is 0. The van der Waals surface area contributed by atoms with Crippen LogP contribution in [0.3, 0.4) is 0 Å². The smallest absolute Gasteiger partial charge is 0.306 e. The van der Waals surface area contributed by atoms with Gasteiger partial charge in [0, 0.05) is 6.54 Å². The van der Waals surface area contributed by atoms with Crippen molar-refractivity contribution in [1.29, 1.82) is 0 Å². The van der Waals surface area contributed by atoms with E-state index in [0.717, 1.165) is 0 Å². The first-order valence-corrected chi connectivity index (χ1v) is 4.55. The van der Waals surface area contributed by atoms with Gasteiger partial charge in [-0.05, 0) is 22.8 Å². The van der Waals surface area contributed by atoms with Crippen LogP contribution in [0.4, 0.5) is 0 Å². The first-order valence-electron chi connectivity index (χ1n) is 4.55. The van der Waals surface area contributed by atoms with Crippen molar-refractivity contribution in [3.8, 4) is 0 Å². The summed E-state index contributed by atoms with van der Waals surface area (Å²) in [5, 5.41) is 19.5. The maximum absolute atomic E-state index is 10.8. The molecule has 0 aliphatic carbocycles.